The molecule has 0 aliphatic carbocycles. The van der Waals surface area contributed by atoms with Crippen LogP contribution in [-0.2, 0) is 4.79 Å². The third-order valence-electron chi connectivity index (χ3n) is 2.71. The molecule has 104 valence electrons. The molecule has 0 spiro atoms. The molecule has 1 atom stereocenters. The van der Waals surface area contributed by atoms with Gasteiger partial charge in [-0.3, -0.25) is 4.79 Å². The lowest BCUT2D eigenvalue weighted by molar-refractivity contribution is -0.117. The van der Waals surface area contributed by atoms with Crippen LogP contribution in [0, 0.1) is 11.6 Å². The lowest BCUT2D eigenvalue weighted by Crippen LogP contribution is -2.28. The van der Waals surface area contributed by atoms with Gasteiger partial charge in [0.1, 0.15) is 17.7 Å². The molecule has 6 heteroatoms. The second kappa shape index (κ2) is 6.11. The van der Waals surface area contributed by atoms with Crippen LogP contribution >= 0.6 is 15.9 Å². The number of hydrogen-bond acceptors (Lipinski definition) is 2. The van der Waals surface area contributed by atoms with Crippen molar-refractivity contribution in [3.8, 4) is 0 Å². The Morgan fingerprint density at radius 3 is 2.45 bits per heavy atom. The summed E-state index contributed by atoms with van der Waals surface area (Å²) in [5.74, 6) is -2.03. The average Bonchev–Trinajstić information content (AvgIpc) is 2.44. The average molecular weight is 341 g/mol. The second-order valence-corrected chi connectivity index (χ2v) is 4.98. The largest absolute Gasteiger partial charge is 0.322 e. The van der Waals surface area contributed by atoms with Gasteiger partial charge in [0.2, 0.25) is 5.91 Å². The van der Waals surface area contributed by atoms with Crippen LogP contribution in [0.1, 0.15) is 11.6 Å². The summed E-state index contributed by atoms with van der Waals surface area (Å²) in [6.45, 7) is 0. The summed E-state index contributed by atoms with van der Waals surface area (Å²) in [6, 6.07) is 9.52. The zero-order chi connectivity index (χ0) is 14.7. The van der Waals surface area contributed by atoms with E-state index >= 15 is 0 Å². The highest BCUT2D eigenvalue weighted by Gasteiger charge is 2.18. The van der Waals surface area contributed by atoms with E-state index in [4.69, 9.17) is 5.73 Å². The first-order valence-corrected chi connectivity index (χ1v) is 6.54. The van der Waals surface area contributed by atoms with Crippen molar-refractivity contribution in [3.63, 3.8) is 0 Å². The molecule has 0 heterocycles. The minimum Gasteiger partial charge on any atom is -0.322 e. The Kier molecular flexibility index (Phi) is 4.46. The Bertz CT molecular complexity index is 635. The van der Waals surface area contributed by atoms with Crippen molar-refractivity contribution in [3.05, 3.63) is 64.1 Å². The van der Waals surface area contributed by atoms with Crippen LogP contribution in [0.2, 0.25) is 0 Å². The van der Waals surface area contributed by atoms with Gasteiger partial charge in [-0.05, 0) is 27.6 Å². The van der Waals surface area contributed by atoms with E-state index in [1.165, 1.54) is 0 Å². The number of amides is 1. The van der Waals surface area contributed by atoms with Gasteiger partial charge in [0.15, 0.2) is 0 Å². The molecule has 3 N–H and O–H groups in total. The lowest BCUT2D eigenvalue weighted by Gasteiger charge is -2.13. The maximum atomic E-state index is 13.6. The van der Waals surface area contributed by atoms with E-state index in [9.17, 15) is 13.6 Å². The number of carbonyl (C=O) groups is 1. The van der Waals surface area contributed by atoms with Gasteiger partial charge in [-0.2, -0.15) is 0 Å². The topological polar surface area (TPSA) is 55.1 Å². The molecule has 3 nitrogen and oxygen atoms in total. The van der Waals surface area contributed by atoms with Crippen LogP contribution < -0.4 is 11.1 Å². The van der Waals surface area contributed by atoms with Crippen LogP contribution in [0.15, 0.2) is 46.9 Å². The predicted octanol–water partition coefficient (Wildman–Crippen LogP) is 3.37. The molecule has 0 unspecified atom stereocenters. The fourth-order valence-corrected chi connectivity index (χ4v) is 1.96. The molecule has 1 amide bonds. The van der Waals surface area contributed by atoms with E-state index in [1.807, 2.05) is 0 Å². The van der Waals surface area contributed by atoms with Crippen LogP contribution in [0.5, 0.6) is 0 Å². The minimum atomic E-state index is -0.956. The molecule has 0 radical (unpaired) electrons. The SMILES string of the molecule is N[C@H](C(=O)Nc1cc(F)c(Br)cc1F)c1ccccc1. The van der Waals surface area contributed by atoms with E-state index in [0.29, 0.717) is 5.56 Å². The first-order chi connectivity index (χ1) is 9.49. The summed E-state index contributed by atoms with van der Waals surface area (Å²) in [5, 5.41) is 2.28. The Hall–Kier alpha value is -1.79. The summed E-state index contributed by atoms with van der Waals surface area (Å²) in [6.07, 6.45) is 0. The van der Waals surface area contributed by atoms with Crippen molar-refractivity contribution in [2.75, 3.05) is 5.32 Å². The first kappa shape index (κ1) is 14.6. The number of nitrogens with one attached hydrogen (secondary N) is 1. The highest BCUT2D eigenvalue weighted by molar-refractivity contribution is 9.10. The third-order valence-corrected chi connectivity index (χ3v) is 3.32. The number of hydrogen-bond donors (Lipinski definition) is 2. The Labute approximate surface area is 122 Å². The Morgan fingerprint density at radius 1 is 1.15 bits per heavy atom. The smallest absolute Gasteiger partial charge is 0.245 e. The molecule has 0 bridgehead atoms. The number of carbonyl (C=O) groups excluding carboxylic acids is 1. The van der Waals surface area contributed by atoms with Gasteiger partial charge >= 0.3 is 0 Å². The highest BCUT2D eigenvalue weighted by atomic mass is 79.9. The quantitative estimate of drug-likeness (QED) is 0.841. The number of rotatable bonds is 3. The van der Waals surface area contributed by atoms with E-state index in [0.717, 1.165) is 12.1 Å². The van der Waals surface area contributed by atoms with Crippen molar-refractivity contribution in [2.24, 2.45) is 5.73 Å². The van der Waals surface area contributed by atoms with Gasteiger partial charge in [-0.15, -0.1) is 0 Å². The maximum Gasteiger partial charge on any atom is 0.245 e. The molecule has 0 fully saturated rings. The zero-order valence-electron chi connectivity index (χ0n) is 10.2. The summed E-state index contributed by atoms with van der Waals surface area (Å²) in [5.41, 5.74) is 6.10. The monoisotopic (exact) mass is 340 g/mol. The summed E-state index contributed by atoms with van der Waals surface area (Å²) >= 11 is 2.86. The molecular formula is C14H11BrF2N2O. The number of benzene rings is 2. The summed E-state index contributed by atoms with van der Waals surface area (Å²) < 4.78 is 26.9. The fourth-order valence-electron chi connectivity index (χ4n) is 1.64. The van der Waals surface area contributed by atoms with Crippen LogP contribution in [0.3, 0.4) is 0 Å². The zero-order valence-corrected chi connectivity index (χ0v) is 11.8. The summed E-state index contributed by atoms with van der Waals surface area (Å²) in [7, 11) is 0. The van der Waals surface area contributed by atoms with Crippen LogP contribution in [0.4, 0.5) is 14.5 Å². The Morgan fingerprint density at radius 2 is 1.80 bits per heavy atom. The highest BCUT2D eigenvalue weighted by Crippen LogP contribution is 2.24. The predicted molar refractivity (Wildman–Crippen MR) is 76.1 cm³/mol. The summed E-state index contributed by atoms with van der Waals surface area (Å²) in [4.78, 5) is 11.9. The maximum absolute atomic E-state index is 13.6. The number of halogens is 3. The van der Waals surface area contributed by atoms with Crippen molar-refractivity contribution in [1.82, 2.24) is 0 Å². The molecule has 2 rings (SSSR count). The molecule has 0 aliphatic rings. The number of anilines is 1. The van der Waals surface area contributed by atoms with Gasteiger partial charge in [0, 0.05) is 6.07 Å². The van der Waals surface area contributed by atoms with Crippen molar-refractivity contribution in [1.29, 1.82) is 0 Å². The molecule has 2 aromatic carbocycles. The molecule has 0 saturated heterocycles. The minimum absolute atomic E-state index is 0.0136. The van der Waals surface area contributed by atoms with Gasteiger partial charge in [-0.1, -0.05) is 30.3 Å². The second-order valence-electron chi connectivity index (χ2n) is 4.12. The van der Waals surface area contributed by atoms with Crippen molar-refractivity contribution >= 4 is 27.5 Å². The molecule has 2 aromatic rings. The first-order valence-electron chi connectivity index (χ1n) is 5.75. The molecule has 0 aliphatic heterocycles. The van der Waals surface area contributed by atoms with E-state index in [2.05, 4.69) is 21.2 Å². The molecular weight excluding hydrogens is 330 g/mol. The van der Waals surface area contributed by atoms with E-state index < -0.39 is 23.6 Å². The molecule has 0 saturated carbocycles. The standard InChI is InChI=1S/C14H11BrF2N2O/c15-9-6-11(17)12(7-10(9)16)19-14(20)13(18)8-4-2-1-3-5-8/h1-7,13H,18H2,(H,19,20)/t13-/m0/s1. The molecule has 20 heavy (non-hydrogen) atoms. The van der Waals surface area contributed by atoms with E-state index in [1.54, 1.807) is 30.3 Å². The normalized spacial score (nSPS) is 12.0. The van der Waals surface area contributed by atoms with Gasteiger partial charge in [0.05, 0.1) is 10.2 Å². The third kappa shape index (κ3) is 3.20. The fraction of sp³-hybridized carbons (Fsp3) is 0.0714. The Balaban J connectivity index is 2.18. The van der Waals surface area contributed by atoms with E-state index in [-0.39, 0.29) is 10.2 Å². The van der Waals surface area contributed by atoms with Crippen molar-refractivity contribution < 1.29 is 13.6 Å². The molecule has 0 aromatic heterocycles. The van der Waals surface area contributed by atoms with Crippen LogP contribution in [0.25, 0.3) is 0 Å². The van der Waals surface area contributed by atoms with Gasteiger partial charge in [-0.25, -0.2) is 8.78 Å². The van der Waals surface area contributed by atoms with Crippen LogP contribution in [-0.4, -0.2) is 5.91 Å². The van der Waals surface area contributed by atoms with Crippen molar-refractivity contribution in [2.45, 2.75) is 6.04 Å². The number of nitrogens with two attached hydrogens (primary N) is 1. The lowest BCUT2D eigenvalue weighted by atomic mass is 10.1. The van der Waals surface area contributed by atoms with Gasteiger partial charge < -0.3 is 11.1 Å². The van der Waals surface area contributed by atoms with Gasteiger partial charge in [0.25, 0.3) is 0 Å².